The Morgan fingerprint density at radius 2 is 1.03 bits per heavy atom. The van der Waals surface area contributed by atoms with Crippen LogP contribution in [0.5, 0.6) is 0 Å². The number of para-hydroxylation sites is 2. The van der Waals surface area contributed by atoms with Crippen LogP contribution >= 0.6 is 0 Å². The fraction of sp³-hybridized carbons (Fsp3) is 0.100. The molecule has 2 aromatic carbocycles. The number of hydrogen-bond donors (Lipinski definition) is 2. The normalized spacial score (nSPS) is 10.6. The zero-order chi connectivity index (χ0) is 21.1. The zero-order valence-corrected chi connectivity index (χ0v) is 16.3. The Labute approximate surface area is 171 Å². The van der Waals surface area contributed by atoms with Gasteiger partial charge >= 0.3 is 0 Å². The molecule has 0 radical (unpaired) electrons. The number of carbonyl (C=O) groups is 2. The number of hydrazine groups is 1. The molecule has 150 valence electrons. The van der Waals surface area contributed by atoms with E-state index in [2.05, 4.69) is 31.5 Å². The van der Waals surface area contributed by atoms with Crippen molar-refractivity contribution in [3.8, 4) is 11.4 Å². The molecular weight excluding hydrogens is 384 g/mol. The van der Waals surface area contributed by atoms with Crippen LogP contribution in [0.15, 0.2) is 60.7 Å². The van der Waals surface area contributed by atoms with Crippen LogP contribution in [0.4, 0.5) is 0 Å². The molecule has 0 atom stereocenters. The van der Waals surface area contributed by atoms with Gasteiger partial charge in [0.2, 0.25) is 0 Å². The van der Waals surface area contributed by atoms with E-state index in [4.69, 9.17) is 0 Å². The first-order valence-corrected chi connectivity index (χ1v) is 9.12. The van der Waals surface area contributed by atoms with E-state index in [1.807, 2.05) is 60.7 Å². The first-order valence-electron chi connectivity index (χ1n) is 9.12. The molecule has 2 heterocycles. The molecule has 0 aliphatic carbocycles. The minimum Gasteiger partial charge on any atom is -0.265 e. The number of carbonyl (C=O) groups excluding carboxylic acids is 2. The number of amides is 2. The molecule has 4 aromatic rings. The van der Waals surface area contributed by atoms with Gasteiger partial charge in [0.1, 0.15) is 0 Å². The molecule has 10 heteroatoms. The summed E-state index contributed by atoms with van der Waals surface area (Å²) in [6.07, 6.45) is 0. The third-order valence-corrected chi connectivity index (χ3v) is 4.51. The lowest BCUT2D eigenvalue weighted by Gasteiger charge is -2.06. The molecule has 4 rings (SSSR count). The van der Waals surface area contributed by atoms with Gasteiger partial charge < -0.3 is 0 Å². The van der Waals surface area contributed by atoms with E-state index in [-0.39, 0.29) is 11.4 Å². The molecule has 0 fully saturated rings. The predicted octanol–water partition coefficient (Wildman–Crippen LogP) is 1.54. The smallest absolute Gasteiger partial charge is 0.265 e. The second-order valence-corrected chi connectivity index (χ2v) is 6.45. The van der Waals surface area contributed by atoms with E-state index in [1.54, 1.807) is 23.2 Å². The van der Waals surface area contributed by atoms with Crippen molar-refractivity contribution in [3.05, 3.63) is 83.4 Å². The highest BCUT2D eigenvalue weighted by molar-refractivity contribution is 5.98. The van der Waals surface area contributed by atoms with Gasteiger partial charge in [-0.2, -0.15) is 0 Å². The molecule has 2 N–H and O–H groups in total. The van der Waals surface area contributed by atoms with Crippen LogP contribution in [0, 0.1) is 13.8 Å². The second-order valence-electron chi connectivity index (χ2n) is 6.45. The van der Waals surface area contributed by atoms with Crippen LogP contribution in [-0.4, -0.2) is 41.8 Å². The third-order valence-electron chi connectivity index (χ3n) is 4.51. The van der Waals surface area contributed by atoms with Gasteiger partial charge in [-0.05, 0) is 38.1 Å². The van der Waals surface area contributed by atoms with Crippen molar-refractivity contribution in [1.29, 1.82) is 0 Å². The summed E-state index contributed by atoms with van der Waals surface area (Å²) in [5, 5.41) is 15.9. The van der Waals surface area contributed by atoms with Gasteiger partial charge in [-0.3, -0.25) is 20.4 Å². The molecule has 2 aromatic heterocycles. The number of nitrogens with one attached hydrogen (secondary N) is 2. The Morgan fingerprint density at radius 1 is 0.667 bits per heavy atom. The Bertz CT molecular complexity index is 1100. The first-order chi connectivity index (χ1) is 14.6. The number of hydrogen-bond acceptors (Lipinski definition) is 6. The monoisotopic (exact) mass is 402 g/mol. The molecule has 0 spiro atoms. The molecule has 30 heavy (non-hydrogen) atoms. The standard InChI is InChI=1S/C20H18N8O2/c1-13-17(21-25-27(13)15-9-5-3-6-10-15)19(29)23-24-20(30)18-14(2)28(26-22-18)16-11-7-4-8-12-16/h3-12H,1-2H3,(H,23,29)(H,24,30). The lowest BCUT2D eigenvalue weighted by atomic mass is 10.3. The van der Waals surface area contributed by atoms with Crippen LogP contribution < -0.4 is 10.9 Å². The van der Waals surface area contributed by atoms with Crippen molar-refractivity contribution in [3.63, 3.8) is 0 Å². The fourth-order valence-electron chi connectivity index (χ4n) is 2.94. The van der Waals surface area contributed by atoms with Crippen molar-refractivity contribution < 1.29 is 9.59 Å². The molecule has 0 saturated carbocycles. The number of aromatic nitrogens is 6. The highest BCUT2D eigenvalue weighted by atomic mass is 16.2. The van der Waals surface area contributed by atoms with Crippen LogP contribution in [0.2, 0.25) is 0 Å². The molecule has 0 bridgehead atoms. The number of benzene rings is 2. The topological polar surface area (TPSA) is 120 Å². The Morgan fingerprint density at radius 3 is 1.40 bits per heavy atom. The van der Waals surface area contributed by atoms with Gasteiger partial charge in [-0.1, -0.05) is 46.8 Å². The van der Waals surface area contributed by atoms with Crippen molar-refractivity contribution in [1.82, 2.24) is 40.8 Å². The summed E-state index contributed by atoms with van der Waals surface area (Å²) in [6, 6.07) is 18.6. The average Bonchev–Trinajstić information content (AvgIpc) is 3.36. The third kappa shape index (κ3) is 3.53. The average molecular weight is 402 g/mol. The van der Waals surface area contributed by atoms with E-state index >= 15 is 0 Å². The summed E-state index contributed by atoms with van der Waals surface area (Å²) in [5.74, 6) is -1.17. The van der Waals surface area contributed by atoms with Gasteiger partial charge in [-0.25, -0.2) is 9.36 Å². The highest BCUT2D eigenvalue weighted by Gasteiger charge is 2.21. The van der Waals surface area contributed by atoms with E-state index in [0.717, 1.165) is 11.4 Å². The quantitative estimate of drug-likeness (QED) is 0.500. The molecule has 2 amide bonds. The Hall–Kier alpha value is -4.34. The fourth-order valence-corrected chi connectivity index (χ4v) is 2.94. The maximum absolute atomic E-state index is 12.5. The molecule has 0 saturated heterocycles. The maximum atomic E-state index is 12.5. The highest BCUT2D eigenvalue weighted by Crippen LogP contribution is 2.13. The van der Waals surface area contributed by atoms with Crippen molar-refractivity contribution in [2.45, 2.75) is 13.8 Å². The summed E-state index contributed by atoms with van der Waals surface area (Å²) in [7, 11) is 0. The van der Waals surface area contributed by atoms with E-state index in [1.165, 1.54) is 0 Å². The van der Waals surface area contributed by atoms with Crippen LogP contribution in [0.25, 0.3) is 11.4 Å². The molecule has 0 aliphatic rings. The van der Waals surface area contributed by atoms with Gasteiger partial charge in [0.25, 0.3) is 11.8 Å². The maximum Gasteiger partial charge on any atom is 0.292 e. The second kappa shape index (κ2) is 7.95. The largest absolute Gasteiger partial charge is 0.292 e. The summed E-state index contributed by atoms with van der Waals surface area (Å²) in [4.78, 5) is 24.9. The lowest BCUT2D eigenvalue weighted by Crippen LogP contribution is -2.42. The summed E-state index contributed by atoms with van der Waals surface area (Å²) in [6.45, 7) is 3.44. The minimum absolute atomic E-state index is 0.101. The van der Waals surface area contributed by atoms with Crippen LogP contribution in [0.3, 0.4) is 0 Å². The zero-order valence-electron chi connectivity index (χ0n) is 16.3. The molecule has 10 nitrogen and oxygen atoms in total. The number of nitrogens with zero attached hydrogens (tertiary/aromatic N) is 6. The summed E-state index contributed by atoms with van der Waals surface area (Å²) >= 11 is 0. The van der Waals surface area contributed by atoms with Crippen molar-refractivity contribution >= 4 is 11.8 Å². The van der Waals surface area contributed by atoms with Crippen molar-refractivity contribution in [2.75, 3.05) is 0 Å². The molecular formula is C20H18N8O2. The predicted molar refractivity (Wildman–Crippen MR) is 107 cm³/mol. The lowest BCUT2D eigenvalue weighted by molar-refractivity contribution is 0.0840. The molecule has 0 aliphatic heterocycles. The number of rotatable bonds is 4. The van der Waals surface area contributed by atoms with Crippen molar-refractivity contribution in [2.24, 2.45) is 0 Å². The van der Waals surface area contributed by atoms with Crippen LogP contribution in [-0.2, 0) is 0 Å². The Balaban J connectivity index is 1.46. The summed E-state index contributed by atoms with van der Waals surface area (Å²) < 4.78 is 3.10. The first kappa shape index (κ1) is 19.0. The van der Waals surface area contributed by atoms with E-state index in [9.17, 15) is 9.59 Å². The van der Waals surface area contributed by atoms with Gasteiger partial charge in [0.05, 0.1) is 22.8 Å². The SMILES string of the molecule is Cc1c(C(=O)NNC(=O)c2nnn(-c3ccccc3)c2C)nnn1-c1ccccc1. The van der Waals surface area contributed by atoms with Gasteiger partial charge in [-0.15, -0.1) is 10.2 Å². The minimum atomic E-state index is -0.587. The Kier molecular flexibility index (Phi) is 5.04. The van der Waals surface area contributed by atoms with Crippen LogP contribution in [0.1, 0.15) is 32.4 Å². The van der Waals surface area contributed by atoms with Gasteiger partial charge in [0, 0.05) is 0 Å². The summed E-state index contributed by atoms with van der Waals surface area (Å²) in [5.41, 5.74) is 7.53. The van der Waals surface area contributed by atoms with E-state index in [0.29, 0.717) is 11.4 Å². The van der Waals surface area contributed by atoms with E-state index < -0.39 is 11.8 Å². The van der Waals surface area contributed by atoms with Gasteiger partial charge in [0.15, 0.2) is 11.4 Å². The molecule has 0 unspecified atom stereocenters.